The number of rotatable bonds is 9. The second-order valence-electron chi connectivity index (χ2n) is 7.35. The summed E-state index contributed by atoms with van der Waals surface area (Å²) in [5.74, 6) is 4.24. The summed E-state index contributed by atoms with van der Waals surface area (Å²) in [5.41, 5.74) is 3.03. The molecule has 8 nitrogen and oxygen atoms in total. The number of carbonyl (C=O) groups is 1. The Labute approximate surface area is 180 Å². The second kappa shape index (κ2) is 9.10. The number of ketones is 1. The number of nitrogens with one attached hydrogen (secondary N) is 3. The minimum Gasteiger partial charge on any atom is -0.324 e. The van der Waals surface area contributed by atoms with E-state index in [0.29, 0.717) is 30.4 Å². The number of nitriles is 1. The van der Waals surface area contributed by atoms with E-state index in [1.807, 2.05) is 30.3 Å². The monoisotopic (exact) mass is 411 g/mol. The molecule has 0 spiro atoms. The number of Topliss-reactive ketones (excluding diaryl/α,β-unsaturated/α-hetero) is 1. The van der Waals surface area contributed by atoms with Crippen molar-refractivity contribution >= 4 is 29.1 Å². The highest BCUT2D eigenvalue weighted by Gasteiger charge is 2.25. The summed E-state index contributed by atoms with van der Waals surface area (Å²) in [6.07, 6.45) is 8.54. The molecule has 0 amide bonds. The third-order valence-electron chi connectivity index (χ3n) is 4.87. The van der Waals surface area contributed by atoms with Crippen molar-refractivity contribution < 1.29 is 4.79 Å². The zero-order chi connectivity index (χ0) is 21.6. The van der Waals surface area contributed by atoms with Gasteiger partial charge in [-0.15, -0.1) is 12.3 Å². The Morgan fingerprint density at radius 2 is 1.97 bits per heavy atom. The predicted molar refractivity (Wildman–Crippen MR) is 117 cm³/mol. The highest BCUT2D eigenvalue weighted by atomic mass is 16.1. The molecule has 0 bridgehead atoms. The van der Waals surface area contributed by atoms with E-state index in [2.05, 4.69) is 42.8 Å². The maximum Gasteiger partial charge on any atom is 0.229 e. The van der Waals surface area contributed by atoms with E-state index in [9.17, 15) is 4.79 Å². The van der Waals surface area contributed by atoms with Gasteiger partial charge in [0.05, 0.1) is 12.5 Å². The van der Waals surface area contributed by atoms with Crippen LogP contribution >= 0.6 is 0 Å². The molecule has 0 radical (unpaired) electrons. The van der Waals surface area contributed by atoms with Gasteiger partial charge in [-0.3, -0.25) is 9.89 Å². The number of nitrogens with zero attached hydrogens (tertiary/aromatic N) is 4. The highest BCUT2D eigenvalue weighted by molar-refractivity contribution is 5.95. The Hall–Kier alpha value is -4.17. The molecule has 1 aliphatic carbocycles. The molecule has 1 aliphatic rings. The number of hydrogen-bond donors (Lipinski definition) is 3. The molecule has 3 aromatic rings. The Morgan fingerprint density at radius 1 is 1.16 bits per heavy atom. The van der Waals surface area contributed by atoms with Gasteiger partial charge in [-0.1, -0.05) is 12.1 Å². The lowest BCUT2D eigenvalue weighted by Gasteiger charge is -2.10. The van der Waals surface area contributed by atoms with Crippen molar-refractivity contribution in [2.45, 2.75) is 38.0 Å². The summed E-state index contributed by atoms with van der Waals surface area (Å²) in [4.78, 5) is 21.4. The summed E-state index contributed by atoms with van der Waals surface area (Å²) in [7, 11) is 0. The number of hydrogen-bond acceptors (Lipinski definition) is 7. The molecule has 1 fully saturated rings. The molecule has 2 aromatic heterocycles. The van der Waals surface area contributed by atoms with Crippen molar-refractivity contribution in [3.05, 3.63) is 53.3 Å². The first-order valence-electron chi connectivity index (χ1n) is 10.1. The van der Waals surface area contributed by atoms with Gasteiger partial charge in [-0.05, 0) is 30.5 Å². The molecule has 2 heterocycles. The molecule has 1 aromatic carbocycles. The van der Waals surface area contributed by atoms with E-state index in [1.54, 1.807) is 6.07 Å². The topological polar surface area (TPSA) is 119 Å². The van der Waals surface area contributed by atoms with Gasteiger partial charge in [0.15, 0.2) is 11.6 Å². The van der Waals surface area contributed by atoms with Crippen molar-refractivity contribution in [1.82, 2.24) is 20.2 Å². The molecule has 0 unspecified atom stereocenters. The van der Waals surface area contributed by atoms with E-state index in [1.165, 1.54) is 12.8 Å². The van der Waals surface area contributed by atoms with Gasteiger partial charge in [0, 0.05) is 42.3 Å². The zero-order valence-electron chi connectivity index (χ0n) is 16.9. The van der Waals surface area contributed by atoms with Crippen molar-refractivity contribution in [3.63, 3.8) is 0 Å². The fraction of sp³-hybridized carbons (Fsp3) is 0.261. The van der Waals surface area contributed by atoms with Crippen molar-refractivity contribution in [3.8, 4) is 18.4 Å². The van der Waals surface area contributed by atoms with Crippen LogP contribution in [0.4, 0.5) is 23.3 Å². The fourth-order valence-electron chi connectivity index (χ4n) is 3.09. The lowest BCUT2D eigenvalue weighted by molar-refractivity contribution is 0.0979. The van der Waals surface area contributed by atoms with Crippen LogP contribution in [0.25, 0.3) is 0 Å². The van der Waals surface area contributed by atoms with Gasteiger partial charge in [-0.25, -0.2) is 4.98 Å². The summed E-state index contributed by atoms with van der Waals surface area (Å²) < 4.78 is 0. The third kappa shape index (κ3) is 5.26. The molecule has 154 valence electrons. The number of carbonyl (C=O) groups excluding carboxylic acids is 1. The first-order chi connectivity index (χ1) is 15.1. The summed E-state index contributed by atoms with van der Waals surface area (Å²) in [6, 6.07) is 13.1. The average Bonchev–Trinajstić information content (AvgIpc) is 3.52. The zero-order valence-corrected chi connectivity index (χ0v) is 16.9. The quantitative estimate of drug-likeness (QED) is 0.356. The molecule has 1 saturated carbocycles. The van der Waals surface area contributed by atoms with E-state index < -0.39 is 0 Å². The van der Waals surface area contributed by atoms with Gasteiger partial charge in [0.2, 0.25) is 5.95 Å². The number of aromatic amines is 1. The SMILES string of the molecule is C#CCCC(=O)c1cc(Nc2cc(C3CC3)[nH]n2)nc(Nc2ccc(CC#N)cc2)n1. The minimum absolute atomic E-state index is 0.156. The van der Waals surface area contributed by atoms with Crippen molar-refractivity contribution in [2.75, 3.05) is 10.6 Å². The molecule has 31 heavy (non-hydrogen) atoms. The van der Waals surface area contributed by atoms with Gasteiger partial charge in [-0.2, -0.15) is 15.3 Å². The number of aromatic nitrogens is 4. The van der Waals surface area contributed by atoms with Gasteiger partial charge in [0.25, 0.3) is 0 Å². The van der Waals surface area contributed by atoms with Crippen LogP contribution in [-0.4, -0.2) is 25.9 Å². The number of anilines is 4. The average molecular weight is 411 g/mol. The van der Waals surface area contributed by atoms with Gasteiger partial charge >= 0.3 is 0 Å². The minimum atomic E-state index is -0.156. The highest BCUT2D eigenvalue weighted by Crippen LogP contribution is 2.39. The largest absolute Gasteiger partial charge is 0.324 e. The molecule has 0 aliphatic heterocycles. The summed E-state index contributed by atoms with van der Waals surface area (Å²) in [6.45, 7) is 0. The van der Waals surface area contributed by atoms with E-state index in [4.69, 9.17) is 11.7 Å². The number of H-pyrrole nitrogens is 1. The normalized spacial score (nSPS) is 12.6. The first kappa shape index (κ1) is 20.1. The molecule has 0 atom stereocenters. The smallest absolute Gasteiger partial charge is 0.229 e. The maximum atomic E-state index is 12.5. The lowest BCUT2D eigenvalue weighted by atomic mass is 10.1. The Morgan fingerprint density at radius 3 is 2.68 bits per heavy atom. The Bertz CT molecular complexity index is 1160. The van der Waals surface area contributed by atoms with Gasteiger partial charge in [0.1, 0.15) is 11.5 Å². The van der Waals surface area contributed by atoms with Crippen LogP contribution in [0, 0.1) is 23.7 Å². The fourth-order valence-corrected chi connectivity index (χ4v) is 3.09. The van der Waals surface area contributed by atoms with E-state index >= 15 is 0 Å². The van der Waals surface area contributed by atoms with Crippen molar-refractivity contribution in [2.24, 2.45) is 0 Å². The van der Waals surface area contributed by atoms with Crippen LogP contribution in [0.3, 0.4) is 0 Å². The van der Waals surface area contributed by atoms with Crippen LogP contribution in [0.15, 0.2) is 36.4 Å². The number of benzene rings is 1. The predicted octanol–water partition coefficient (Wildman–Crippen LogP) is 4.23. The molecular weight excluding hydrogens is 390 g/mol. The summed E-state index contributed by atoms with van der Waals surface area (Å²) in [5, 5.41) is 22.4. The number of terminal acetylenes is 1. The molecule has 4 rings (SSSR count). The second-order valence-corrected chi connectivity index (χ2v) is 7.35. The van der Waals surface area contributed by atoms with Crippen LogP contribution < -0.4 is 10.6 Å². The first-order valence-corrected chi connectivity index (χ1v) is 10.1. The Kier molecular flexibility index (Phi) is 5.91. The third-order valence-corrected chi connectivity index (χ3v) is 4.87. The summed E-state index contributed by atoms with van der Waals surface area (Å²) >= 11 is 0. The van der Waals surface area contributed by atoms with Crippen LogP contribution in [0.5, 0.6) is 0 Å². The van der Waals surface area contributed by atoms with Crippen molar-refractivity contribution in [1.29, 1.82) is 5.26 Å². The maximum absolute atomic E-state index is 12.5. The molecule has 3 N–H and O–H groups in total. The standard InChI is InChI=1S/C23H21N7O/c1-2-3-4-20(31)19-14-21(27-22-13-18(29-30-22)16-7-8-16)28-23(26-19)25-17-9-5-15(6-10-17)11-12-24/h1,5-6,9-10,13-14,16H,3-4,7-8,11H2,(H3,25,26,27,28,29,30). The lowest BCUT2D eigenvalue weighted by Crippen LogP contribution is -2.08. The molecular formula is C23H21N7O. The van der Waals surface area contributed by atoms with Crippen LogP contribution in [0.2, 0.25) is 0 Å². The van der Waals surface area contributed by atoms with E-state index in [-0.39, 0.29) is 23.8 Å². The van der Waals surface area contributed by atoms with Gasteiger partial charge < -0.3 is 10.6 Å². The van der Waals surface area contributed by atoms with E-state index in [0.717, 1.165) is 16.9 Å². The van der Waals surface area contributed by atoms with Crippen LogP contribution in [0.1, 0.15) is 53.3 Å². The molecule has 0 saturated heterocycles. The van der Waals surface area contributed by atoms with Crippen LogP contribution in [-0.2, 0) is 6.42 Å². The molecule has 8 heteroatoms. The Balaban J connectivity index is 1.57.